The Morgan fingerprint density at radius 2 is 1.97 bits per heavy atom. The number of hydrogen-bond donors (Lipinski definition) is 2. The van der Waals surface area contributed by atoms with Gasteiger partial charge >= 0.3 is 6.18 Å². The van der Waals surface area contributed by atoms with Crippen LogP contribution in [0, 0.1) is 6.92 Å². The van der Waals surface area contributed by atoms with Crippen LogP contribution in [0.15, 0.2) is 53.0 Å². The number of carbonyl (C=O) groups excluding carboxylic acids is 1. The topological polar surface area (TPSA) is 59.0 Å². The zero-order valence-corrected chi connectivity index (χ0v) is 18.5. The Kier molecular flexibility index (Phi) is 5.74. The summed E-state index contributed by atoms with van der Waals surface area (Å²) in [7, 11) is 0. The summed E-state index contributed by atoms with van der Waals surface area (Å²) in [5, 5.41) is 10.2. The Balaban J connectivity index is 1.65. The number of hydrogen-bond acceptors (Lipinski definition) is 3. The van der Waals surface area contributed by atoms with Crippen molar-refractivity contribution in [2.24, 2.45) is 0 Å². The summed E-state index contributed by atoms with van der Waals surface area (Å²) >= 11 is 9.40. The van der Waals surface area contributed by atoms with Crippen LogP contribution >= 0.6 is 27.5 Å². The molecule has 1 amide bonds. The van der Waals surface area contributed by atoms with Gasteiger partial charge in [0, 0.05) is 27.7 Å². The van der Waals surface area contributed by atoms with Gasteiger partial charge < -0.3 is 10.6 Å². The third-order valence-corrected chi connectivity index (χ3v) is 6.15. The van der Waals surface area contributed by atoms with E-state index >= 15 is 0 Å². The summed E-state index contributed by atoms with van der Waals surface area (Å²) in [5.74, 6) is -0.482. The lowest BCUT2D eigenvalue weighted by atomic mass is 9.97. The van der Waals surface area contributed by atoms with E-state index in [2.05, 4.69) is 31.7 Å². The quantitative estimate of drug-likeness (QED) is 0.419. The summed E-state index contributed by atoms with van der Waals surface area (Å²) in [5.41, 5.74) is 1.72. The lowest BCUT2D eigenvalue weighted by Crippen LogP contribution is -2.35. The Morgan fingerprint density at radius 1 is 1.26 bits per heavy atom. The highest BCUT2D eigenvalue weighted by atomic mass is 79.9. The molecule has 0 bridgehead atoms. The SMILES string of the molecule is Cc1c(Cl)cccc1NC(=O)c1cc2n(n1)[C@@H](C(F)(F)F)C[C@@H](c1ccc(Br)cc1)N2. The lowest BCUT2D eigenvalue weighted by molar-refractivity contribution is -0.173. The molecule has 2 atom stereocenters. The molecule has 1 aromatic heterocycles. The van der Waals surface area contributed by atoms with Gasteiger partial charge in [-0.15, -0.1) is 0 Å². The van der Waals surface area contributed by atoms with Crippen molar-refractivity contribution in [3.8, 4) is 0 Å². The predicted octanol–water partition coefficient (Wildman–Crippen LogP) is 6.52. The van der Waals surface area contributed by atoms with E-state index in [4.69, 9.17) is 11.6 Å². The molecule has 162 valence electrons. The van der Waals surface area contributed by atoms with Crippen LogP contribution in [-0.2, 0) is 0 Å². The lowest BCUT2D eigenvalue weighted by Gasteiger charge is -2.33. The summed E-state index contributed by atoms with van der Waals surface area (Å²) in [6.07, 6.45) is -4.76. The zero-order chi connectivity index (χ0) is 22.3. The van der Waals surface area contributed by atoms with Gasteiger partial charge in [0.1, 0.15) is 5.82 Å². The molecule has 4 rings (SSSR count). The molecule has 0 spiro atoms. The molecule has 0 unspecified atom stereocenters. The maximum atomic E-state index is 13.8. The van der Waals surface area contributed by atoms with Gasteiger partial charge in [-0.2, -0.15) is 18.3 Å². The highest BCUT2D eigenvalue weighted by Crippen LogP contribution is 2.43. The predicted molar refractivity (Wildman–Crippen MR) is 117 cm³/mol. The Bertz CT molecular complexity index is 1130. The van der Waals surface area contributed by atoms with Crippen LogP contribution in [-0.4, -0.2) is 21.9 Å². The summed E-state index contributed by atoms with van der Waals surface area (Å²) in [6.45, 7) is 1.74. The van der Waals surface area contributed by atoms with Crippen LogP contribution in [0.3, 0.4) is 0 Å². The first-order valence-electron chi connectivity index (χ1n) is 9.38. The number of amides is 1. The van der Waals surface area contributed by atoms with Gasteiger partial charge in [0.25, 0.3) is 5.91 Å². The average molecular weight is 514 g/mol. The fraction of sp³-hybridized carbons (Fsp3) is 0.238. The van der Waals surface area contributed by atoms with E-state index in [0.717, 1.165) is 9.15 Å². The number of alkyl halides is 3. The first-order valence-corrected chi connectivity index (χ1v) is 10.6. The first kappa shape index (κ1) is 21.7. The molecular formula is C21H17BrClF3N4O. The van der Waals surface area contributed by atoms with Crippen molar-refractivity contribution in [3.63, 3.8) is 0 Å². The smallest absolute Gasteiger partial charge is 0.363 e. The van der Waals surface area contributed by atoms with Crippen molar-refractivity contribution >= 4 is 44.9 Å². The average Bonchev–Trinajstić information content (AvgIpc) is 3.14. The van der Waals surface area contributed by atoms with Crippen molar-refractivity contribution in [1.29, 1.82) is 0 Å². The van der Waals surface area contributed by atoms with Gasteiger partial charge in [-0.05, 0) is 42.3 Å². The van der Waals surface area contributed by atoms with Crippen molar-refractivity contribution in [3.05, 3.63) is 74.8 Å². The molecule has 2 heterocycles. The second-order valence-corrected chi connectivity index (χ2v) is 8.59. The second kappa shape index (κ2) is 8.20. The number of carbonyl (C=O) groups is 1. The molecule has 3 aromatic rings. The highest BCUT2D eigenvalue weighted by molar-refractivity contribution is 9.10. The number of aromatic nitrogens is 2. The third-order valence-electron chi connectivity index (χ3n) is 5.21. The van der Waals surface area contributed by atoms with Crippen LogP contribution in [0.4, 0.5) is 24.7 Å². The van der Waals surface area contributed by atoms with Gasteiger partial charge in [-0.1, -0.05) is 45.7 Å². The molecule has 0 radical (unpaired) electrons. The maximum Gasteiger partial charge on any atom is 0.410 e. The first-order chi connectivity index (χ1) is 14.6. The number of nitrogens with zero attached hydrogens (tertiary/aromatic N) is 2. The third kappa shape index (κ3) is 4.43. The summed E-state index contributed by atoms with van der Waals surface area (Å²) in [6, 6.07) is 11.0. The minimum Gasteiger partial charge on any atom is -0.363 e. The van der Waals surface area contributed by atoms with Gasteiger partial charge in [0.05, 0.1) is 6.04 Å². The van der Waals surface area contributed by atoms with Crippen molar-refractivity contribution < 1.29 is 18.0 Å². The number of halogens is 5. The molecule has 1 aliphatic rings. The molecule has 2 aromatic carbocycles. The molecule has 0 aliphatic carbocycles. The number of anilines is 2. The molecular weight excluding hydrogens is 497 g/mol. The van der Waals surface area contributed by atoms with Crippen molar-refractivity contribution in [2.45, 2.75) is 31.6 Å². The highest BCUT2D eigenvalue weighted by Gasteiger charge is 2.46. The van der Waals surface area contributed by atoms with E-state index in [1.54, 1.807) is 49.4 Å². The molecule has 31 heavy (non-hydrogen) atoms. The van der Waals surface area contributed by atoms with Gasteiger partial charge in [0.2, 0.25) is 0 Å². The molecule has 1 aliphatic heterocycles. The van der Waals surface area contributed by atoms with Crippen LogP contribution in [0.5, 0.6) is 0 Å². The van der Waals surface area contributed by atoms with Crippen molar-refractivity contribution in [2.75, 3.05) is 10.6 Å². The van der Waals surface area contributed by atoms with Crippen LogP contribution in [0.2, 0.25) is 5.02 Å². The standard InChI is InChI=1S/C21H17BrClF3N4O/c1-11-14(23)3-2-4-15(11)28-20(31)17-10-19-27-16(12-5-7-13(22)8-6-12)9-18(21(24,25)26)30(19)29-17/h2-8,10,16,18,27H,9H2,1H3,(H,28,31)/t16-,18+/m0/s1. The van der Waals surface area contributed by atoms with E-state index in [1.165, 1.54) is 6.07 Å². The van der Waals surface area contributed by atoms with Gasteiger partial charge in [-0.25, -0.2) is 4.68 Å². The molecule has 0 fully saturated rings. The zero-order valence-electron chi connectivity index (χ0n) is 16.2. The van der Waals surface area contributed by atoms with E-state index in [1.807, 2.05) is 0 Å². The number of fused-ring (bicyclic) bond motifs is 1. The fourth-order valence-corrected chi connectivity index (χ4v) is 3.97. The number of rotatable bonds is 3. The monoisotopic (exact) mass is 512 g/mol. The van der Waals surface area contributed by atoms with Gasteiger partial charge in [0.15, 0.2) is 11.7 Å². The minimum absolute atomic E-state index is 0.118. The maximum absolute atomic E-state index is 13.8. The Morgan fingerprint density at radius 3 is 2.65 bits per heavy atom. The van der Waals surface area contributed by atoms with Crippen molar-refractivity contribution in [1.82, 2.24) is 9.78 Å². The summed E-state index contributed by atoms with van der Waals surface area (Å²) in [4.78, 5) is 12.7. The fourth-order valence-electron chi connectivity index (χ4n) is 3.53. The molecule has 0 saturated carbocycles. The molecule has 10 heteroatoms. The Hall–Kier alpha value is -2.52. The van der Waals surface area contributed by atoms with E-state index in [9.17, 15) is 18.0 Å². The van der Waals surface area contributed by atoms with Crippen LogP contribution in [0.25, 0.3) is 0 Å². The van der Waals surface area contributed by atoms with E-state index in [-0.39, 0.29) is 17.9 Å². The number of benzene rings is 2. The molecule has 0 saturated heterocycles. The van der Waals surface area contributed by atoms with Crippen LogP contribution in [0.1, 0.15) is 40.1 Å². The Labute approximate surface area is 189 Å². The van der Waals surface area contributed by atoms with E-state index in [0.29, 0.717) is 21.8 Å². The van der Waals surface area contributed by atoms with Gasteiger partial charge in [-0.3, -0.25) is 4.79 Å². The molecule has 5 nitrogen and oxygen atoms in total. The minimum atomic E-state index is -4.52. The second-order valence-electron chi connectivity index (χ2n) is 7.27. The largest absolute Gasteiger partial charge is 0.410 e. The van der Waals surface area contributed by atoms with Crippen LogP contribution < -0.4 is 10.6 Å². The normalized spacial score (nSPS) is 18.3. The molecule has 2 N–H and O–H groups in total. The van der Waals surface area contributed by atoms with E-state index < -0.39 is 24.2 Å². The summed E-state index contributed by atoms with van der Waals surface area (Å²) < 4.78 is 43.1. The number of nitrogens with one attached hydrogen (secondary N) is 2.